The molecule has 0 aliphatic carbocycles. The van der Waals surface area contributed by atoms with Crippen molar-refractivity contribution in [3.63, 3.8) is 0 Å². The molecule has 0 amide bonds. The molecule has 0 aromatic rings. The highest BCUT2D eigenvalue weighted by Crippen LogP contribution is 2.11. The summed E-state index contributed by atoms with van der Waals surface area (Å²) in [4.78, 5) is 8.98. The normalized spacial score (nSPS) is 23.0. The molecule has 0 saturated carbocycles. The fraction of sp³-hybridized carbons (Fsp3) is 0.944. The zero-order chi connectivity index (χ0) is 19.7. The van der Waals surface area contributed by atoms with Crippen molar-refractivity contribution in [2.24, 2.45) is 10.9 Å². The Balaban J connectivity index is 1.68. The summed E-state index contributed by atoms with van der Waals surface area (Å²) >= 11 is 0. The molecule has 1 unspecified atom stereocenters. The fourth-order valence-electron chi connectivity index (χ4n) is 3.55. The molecular formula is C18H37N5O3S. The van der Waals surface area contributed by atoms with Gasteiger partial charge in [0.2, 0.25) is 10.0 Å². The Labute approximate surface area is 164 Å². The third-order valence-electron chi connectivity index (χ3n) is 4.97. The minimum atomic E-state index is -3.31. The maximum Gasteiger partial charge on any atom is 0.213 e. The van der Waals surface area contributed by atoms with Crippen LogP contribution in [0.4, 0.5) is 0 Å². The van der Waals surface area contributed by atoms with Gasteiger partial charge in [-0.05, 0) is 25.2 Å². The van der Waals surface area contributed by atoms with Crippen LogP contribution in [0.2, 0.25) is 0 Å². The van der Waals surface area contributed by atoms with Crippen LogP contribution >= 0.6 is 0 Å². The van der Waals surface area contributed by atoms with Crippen molar-refractivity contribution in [2.75, 3.05) is 65.2 Å². The van der Waals surface area contributed by atoms with E-state index in [0.29, 0.717) is 19.0 Å². The first-order chi connectivity index (χ1) is 12.9. The molecular weight excluding hydrogens is 366 g/mol. The highest BCUT2D eigenvalue weighted by molar-refractivity contribution is 7.89. The van der Waals surface area contributed by atoms with E-state index in [9.17, 15) is 8.42 Å². The van der Waals surface area contributed by atoms with Crippen molar-refractivity contribution in [3.8, 4) is 0 Å². The molecule has 158 valence electrons. The zero-order valence-electron chi connectivity index (χ0n) is 17.1. The van der Waals surface area contributed by atoms with Gasteiger partial charge in [0.15, 0.2) is 5.96 Å². The SMILES string of the molecule is CN=C(NCCS(=O)(=O)NCC1CCCCO1)N1CCN(CC(C)C)CC1. The highest BCUT2D eigenvalue weighted by atomic mass is 32.2. The molecule has 2 rings (SSSR count). The fourth-order valence-corrected chi connectivity index (χ4v) is 4.50. The van der Waals surface area contributed by atoms with Gasteiger partial charge in [-0.15, -0.1) is 0 Å². The molecule has 27 heavy (non-hydrogen) atoms. The summed E-state index contributed by atoms with van der Waals surface area (Å²) in [6.45, 7) is 10.9. The van der Waals surface area contributed by atoms with Crippen LogP contribution in [0.3, 0.4) is 0 Å². The maximum atomic E-state index is 12.2. The van der Waals surface area contributed by atoms with E-state index in [1.807, 2.05) is 0 Å². The minimum absolute atomic E-state index is 0.0105. The van der Waals surface area contributed by atoms with Gasteiger partial charge < -0.3 is 15.0 Å². The van der Waals surface area contributed by atoms with Gasteiger partial charge in [0.05, 0.1) is 11.9 Å². The Morgan fingerprint density at radius 1 is 1.22 bits per heavy atom. The number of nitrogens with one attached hydrogen (secondary N) is 2. The van der Waals surface area contributed by atoms with E-state index in [0.717, 1.165) is 64.6 Å². The smallest absolute Gasteiger partial charge is 0.213 e. The van der Waals surface area contributed by atoms with Crippen molar-refractivity contribution in [1.82, 2.24) is 19.8 Å². The Kier molecular flexibility index (Phi) is 9.28. The van der Waals surface area contributed by atoms with Crippen molar-refractivity contribution in [1.29, 1.82) is 0 Å². The van der Waals surface area contributed by atoms with Crippen LogP contribution < -0.4 is 10.0 Å². The van der Waals surface area contributed by atoms with Crippen molar-refractivity contribution < 1.29 is 13.2 Å². The predicted molar refractivity (Wildman–Crippen MR) is 110 cm³/mol. The lowest BCUT2D eigenvalue weighted by Crippen LogP contribution is -2.53. The van der Waals surface area contributed by atoms with E-state index in [1.54, 1.807) is 7.05 Å². The van der Waals surface area contributed by atoms with E-state index in [-0.39, 0.29) is 11.9 Å². The molecule has 8 nitrogen and oxygen atoms in total. The van der Waals surface area contributed by atoms with Gasteiger partial charge in [-0.3, -0.25) is 9.89 Å². The van der Waals surface area contributed by atoms with Gasteiger partial charge in [-0.25, -0.2) is 13.1 Å². The molecule has 2 N–H and O–H groups in total. The molecule has 0 spiro atoms. The van der Waals surface area contributed by atoms with Gasteiger partial charge in [-0.1, -0.05) is 13.8 Å². The lowest BCUT2D eigenvalue weighted by Gasteiger charge is -2.37. The van der Waals surface area contributed by atoms with Gasteiger partial charge in [0, 0.05) is 59.5 Å². The number of guanidine groups is 1. The number of ether oxygens (including phenoxy) is 1. The number of piperazine rings is 1. The molecule has 2 fully saturated rings. The number of rotatable bonds is 8. The second kappa shape index (κ2) is 11.2. The second-order valence-electron chi connectivity index (χ2n) is 7.81. The second-order valence-corrected chi connectivity index (χ2v) is 9.74. The van der Waals surface area contributed by atoms with Gasteiger partial charge >= 0.3 is 0 Å². The van der Waals surface area contributed by atoms with E-state index in [2.05, 4.69) is 38.7 Å². The standard InChI is InChI=1S/C18H37N5O3S/c1-16(2)15-22-8-10-23(11-9-22)18(19-3)20-7-13-27(24,25)21-14-17-6-4-5-12-26-17/h16-17,21H,4-15H2,1-3H3,(H,19,20). The first kappa shape index (κ1) is 22.4. The van der Waals surface area contributed by atoms with E-state index in [1.165, 1.54) is 0 Å². The van der Waals surface area contributed by atoms with Crippen LogP contribution in [0, 0.1) is 5.92 Å². The molecule has 9 heteroatoms. The Hall–Kier alpha value is -0.900. The van der Waals surface area contributed by atoms with Crippen LogP contribution in [-0.2, 0) is 14.8 Å². The highest BCUT2D eigenvalue weighted by Gasteiger charge is 2.21. The zero-order valence-corrected chi connectivity index (χ0v) is 17.9. The molecule has 0 bridgehead atoms. The van der Waals surface area contributed by atoms with Crippen molar-refractivity contribution in [3.05, 3.63) is 0 Å². The molecule has 2 aliphatic heterocycles. The van der Waals surface area contributed by atoms with Crippen LogP contribution in [0.15, 0.2) is 4.99 Å². The summed E-state index contributed by atoms with van der Waals surface area (Å²) in [7, 11) is -1.57. The van der Waals surface area contributed by atoms with Gasteiger partial charge in [0.1, 0.15) is 0 Å². The van der Waals surface area contributed by atoms with E-state index < -0.39 is 10.0 Å². The number of hydrogen-bond acceptors (Lipinski definition) is 5. The molecule has 2 saturated heterocycles. The van der Waals surface area contributed by atoms with Crippen LogP contribution in [0.1, 0.15) is 33.1 Å². The van der Waals surface area contributed by atoms with Gasteiger partial charge in [0.25, 0.3) is 0 Å². The van der Waals surface area contributed by atoms with Crippen LogP contribution in [0.5, 0.6) is 0 Å². The van der Waals surface area contributed by atoms with Crippen LogP contribution in [-0.4, -0.2) is 95.5 Å². The van der Waals surface area contributed by atoms with E-state index >= 15 is 0 Å². The first-order valence-corrected chi connectivity index (χ1v) is 11.8. The average molecular weight is 404 g/mol. The first-order valence-electron chi connectivity index (χ1n) is 10.2. The summed E-state index contributed by atoms with van der Waals surface area (Å²) in [5.74, 6) is 1.49. The van der Waals surface area contributed by atoms with Crippen molar-refractivity contribution in [2.45, 2.75) is 39.2 Å². The van der Waals surface area contributed by atoms with E-state index in [4.69, 9.17) is 4.74 Å². The molecule has 2 aliphatic rings. The van der Waals surface area contributed by atoms with Crippen molar-refractivity contribution >= 4 is 16.0 Å². The molecule has 0 radical (unpaired) electrons. The van der Waals surface area contributed by atoms with Crippen LogP contribution in [0.25, 0.3) is 0 Å². The molecule has 1 atom stereocenters. The minimum Gasteiger partial charge on any atom is -0.377 e. The number of aliphatic imine (C=N–C) groups is 1. The molecule has 2 heterocycles. The third kappa shape index (κ3) is 8.33. The predicted octanol–water partition coefficient (Wildman–Crippen LogP) is 0.324. The summed E-state index contributed by atoms with van der Waals surface area (Å²) in [5, 5.41) is 3.20. The Bertz CT molecular complexity index is 553. The topological polar surface area (TPSA) is 86.3 Å². The van der Waals surface area contributed by atoms with Gasteiger partial charge in [-0.2, -0.15) is 0 Å². The Morgan fingerprint density at radius 3 is 2.56 bits per heavy atom. The summed E-state index contributed by atoms with van der Waals surface area (Å²) < 4.78 is 32.6. The maximum absolute atomic E-state index is 12.2. The number of nitrogens with zero attached hydrogens (tertiary/aromatic N) is 3. The lowest BCUT2D eigenvalue weighted by atomic mass is 10.1. The largest absolute Gasteiger partial charge is 0.377 e. The quantitative estimate of drug-likeness (QED) is 0.449. The molecule has 0 aromatic heterocycles. The number of hydrogen-bond donors (Lipinski definition) is 2. The Morgan fingerprint density at radius 2 is 1.96 bits per heavy atom. The number of sulfonamides is 1. The molecule has 0 aromatic carbocycles. The average Bonchev–Trinajstić information content (AvgIpc) is 2.65. The summed E-state index contributed by atoms with van der Waals surface area (Å²) in [6, 6.07) is 0. The monoisotopic (exact) mass is 403 g/mol. The third-order valence-corrected chi connectivity index (χ3v) is 6.31. The summed E-state index contributed by atoms with van der Waals surface area (Å²) in [5.41, 5.74) is 0. The lowest BCUT2D eigenvalue weighted by molar-refractivity contribution is 0.0200. The summed E-state index contributed by atoms with van der Waals surface area (Å²) in [6.07, 6.45) is 3.11.